The van der Waals surface area contributed by atoms with Crippen molar-refractivity contribution in [2.24, 2.45) is 5.92 Å². The number of nitrogens with one attached hydrogen (secondary N) is 1. The van der Waals surface area contributed by atoms with Crippen molar-refractivity contribution in [3.05, 3.63) is 6.07 Å². The maximum atomic E-state index is 5.56. The van der Waals surface area contributed by atoms with E-state index < -0.39 is 0 Å². The molecule has 1 aromatic rings. The van der Waals surface area contributed by atoms with Crippen LogP contribution in [-0.4, -0.2) is 23.1 Å². The van der Waals surface area contributed by atoms with Gasteiger partial charge in [-0.15, -0.1) is 0 Å². The summed E-state index contributed by atoms with van der Waals surface area (Å²) in [7, 11) is 1.57. The van der Waals surface area contributed by atoms with Gasteiger partial charge in [0.2, 0.25) is 11.8 Å². The molecule has 15 heavy (non-hydrogen) atoms. The summed E-state index contributed by atoms with van der Waals surface area (Å²) in [5.41, 5.74) is 5.56. The first-order valence-corrected chi connectivity index (χ1v) is 5.18. The minimum atomic E-state index is 0.241. The zero-order chi connectivity index (χ0) is 10.8. The lowest BCUT2D eigenvalue weighted by Gasteiger charge is -2.06. The van der Waals surface area contributed by atoms with E-state index in [2.05, 4.69) is 22.2 Å². The molecule has 1 fully saturated rings. The summed E-state index contributed by atoms with van der Waals surface area (Å²) < 4.78 is 5.02. The summed E-state index contributed by atoms with van der Waals surface area (Å²) in [5, 5.41) is 3.32. The Labute approximate surface area is 89.1 Å². The first-order chi connectivity index (χ1) is 7.22. The Kier molecular flexibility index (Phi) is 2.62. The average molecular weight is 208 g/mol. The number of anilines is 2. The van der Waals surface area contributed by atoms with Crippen molar-refractivity contribution < 1.29 is 4.74 Å². The van der Waals surface area contributed by atoms with Gasteiger partial charge >= 0.3 is 0 Å². The van der Waals surface area contributed by atoms with Crippen LogP contribution in [0, 0.1) is 5.92 Å². The third kappa shape index (κ3) is 2.29. The average Bonchev–Trinajstić information content (AvgIpc) is 2.95. The summed E-state index contributed by atoms with van der Waals surface area (Å²) >= 11 is 0. The lowest BCUT2D eigenvalue weighted by atomic mass is 10.3. The summed E-state index contributed by atoms with van der Waals surface area (Å²) in [5.74, 6) is 2.26. The molecule has 2 atom stereocenters. The van der Waals surface area contributed by atoms with Crippen molar-refractivity contribution in [1.29, 1.82) is 0 Å². The topological polar surface area (TPSA) is 73.1 Å². The lowest BCUT2D eigenvalue weighted by Crippen LogP contribution is -2.08. The first kappa shape index (κ1) is 10.0. The van der Waals surface area contributed by atoms with E-state index >= 15 is 0 Å². The number of nitrogens with two attached hydrogens (primary N) is 1. The molecule has 5 nitrogen and oxygen atoms in total. The van der Waals surface area contributed by atoms with Crippen LogP contribution < -0.4 is 15.8 Å². The Morgan fingerprint density at radius 3 is 3.00 bits per heavy atom. The summed E-state index contributed by atoms with van der Waals surface area (Å²) in [6.07, 6.45) is 2.41. The summed E-state index contributed by atoms with van der Waals surface area (Å²) in [6, 6.07) is 2.30. The molecule has 0 aliphatic heterocycles. The van der Waals surface area contributed by atoms with Crippen LogP contribution in [-0.2, 0) is 0 Å². The highest BCUT2D eigenvalue weighted by Crippen LogP contribution is 2.36. The van der Waals surface area contributed by atoms with E-state index in [4.69, 9.17) is 10.5 Å². The second-order valence-corrected chi connectivity index (χ2v) is 3.81. The van der Waals surface area contributed by atoms with Crippen LogP contribution in [0.3, 0.4) is 0 Å². The molecule has 1 aliphatic rings. The molecule has 5 heteroatoms. The van der Waals surface area contributed by atoms with Crippen molar-refractivity contribution in [1.82, 2.24) is 9.97 Å². The van der Waals surface area contributed by atoms with Crippen LogP contribution >= 0.6 is 0 Å². The molecule has 0 aromatic carbocycles. The third-order valence-electron chi connectivity index (χ3n) is 2.71. The summed E-state index contributed by atoms with van der Waals surface area (Å²) in [6.45, 7) is 2.20. The van der Waals surface area contributed by atoms with Crippen molar-refractivity contribution in [3.8, 4) is 5.88 Å². The van der Waals surface area contributed by atoms with Gasteiger partial charge in [0.15, 0.2) is 0 Å². The Hall–Kier alpha value is -1.52. The number of rotatable bonds is 4. The minimum Gasteiger partial charge on any atom is -0.481 e. The zero-order valence-electron chi connectivity index (χ0n) is 9.03. The minimum absolute atomic E-state index is 0.241. The van der Waals surface area contributed by atoms with Crippen molar-refractivity contribution in [2.75, 3.05) is 18.2 Å². The molecule has 2 rings (SSSR count). The van der Waals surface area contributed by atoms with Crippen molar-refractivity contribution in [3.63, 3.8) is 0 Å². The van der Waals surface area contributed by atoms with Gasteiger partial charge in [0.25, 0.3) is 0 Å². The Morgan fingerprint density at radius 2 is 2.40 bits per heavy atom. The fourth-order valence-corrected chi connectivity index (χ4v) is 1.69. The van der Waals surface area contributed by atoms with E-state index in [9.17, 15) is 0 Å². The van der Waals surface area contributed by atoms with Gasteiger partial charge in [-0.2, -0.15) is 9.97 Å². The van der Waals surface area contributed by atoms with Gasteiger partial charge in [-0.1, -0.05) is 13.3 Å². The highest BCUT2D eigenvalue weighted by atomic mass is 16.5. The quantitative estimate of drug-likeness (QED) is 0.779. The molecular weight excluding hydrogens is 192 g/mol. The number of methoxy groups -OCH3 is 1. The van der Waals surface area contributed by atoms with E-state index in [0.29, 0.717) is 11.9 Å². The van der Waals surface area contributed by atoms with E-state index in [1.54, 1.807) is 13.2 Å². The van der Waals surface area contributed by atoms with Crippen molar-refractivity contribution in [2.45, 2.75) is 25.8 Å². The molecule has 82 valence electrons. The molecule has 2 unspecified atom stereocenters. The number of hydrogen-bond donors (Lipinski definition) is 2. The standard InChI is InChI=1S/C10H16N4O/c1-3-6-4-7(6)12-8-5-9(15-2)14-10(11)13-8/h5-7H,3-4H2,1-2H3,(H3,11,12,13,14). The molecule has 0 amide bonds. The van der Waals surface area contributed by atoms with Gasteiger partial charge in [-0.3, -0.25) is 0 Å². The number of aromatic nitrogens is 2. The van der Waals surface area contributed by atoms with Crippen molar-refractivity contribution >= 4 is 11.8 Å². The Morgan fingerprint density at radius 1 is 1.60 bits per heavy atom. The Balaban J connectivity index is 2.05. The molecule has 1 aliphatic carbocycles. The van der Waals surface area contributed by atoms with Gasteiger partial charge in [0.05, 0.1) is 7.11 Å². The van der Waals surface area contributed by atoms with Crippen LogP contribution in [0.25, 0.3) is 0 Å². The van der Waals surface area contributed by atoms with E-state index in [1.807, 2.05) is 0 Å². The molecule has 0 saturated heterocycles. The molecule has 1 heterocycles. The smallest absolute Gasteiger partial charge is 0.225 e. The molecule has 0 radical (unpaired) electrons. The van der Waals surface area contributed by atoms with Crippen LogP contribution in [0.5, 0.6) is 5.88 Å². The maximum Gasteiger partial charge on any atom is 0.225 e. The normalized spacial score (nSPS) is 23.6. The monoisotopic (exact) mass is 208 g/mol. The first-order valence-electron chi connectivity index (χ1n) is 5.18. The van der Waals surface area contributed by atoms with E-state index in [1.165, 1.54) is 12.8 Å². The van der Waals surface area contributed by atoms with Crippen LogP contribution in [0.2, 0.25) is 0 Å². The molecular formula is C10H16N4O. The number of nitrogen functional groups attached to an aromatic ring is 1. The lowest BCUT2D eigenvalue weighted by molar-refractivity contribution is 0.398. The third-order valence-corrected chi connectivity index (χ3v) is 2.71. The van der Waals surface area contributed by atoms with Gasteiger partial charge in [-0.25, -0.2) is 0 Å². The van der Waals surface area contributed by atoms with Gasteiger partial charge in [0.1, 0.15) is 5.82 Å². The highest BCUT2D eigenvalue weighted by Gasteiger charge is 2.35. The van der Waals surface area contributed by atoms with Crippen LogP contribution in [0.15, 0.2) is 6.07 Å². The SMILES string of the molecule is CCC1CC1Nc1cc(OC)nc(N)n1. The highest BCUT2D eigenvalue weighted by molar-refractivity contribution is 5.44. The Bertz CT molecular complexity index is 355. The molecule has 1 aromatic heterocycles. The second-order valence-electron chi connectivity index (χ2n) is 3.81. The van der Waals surface area contributed by atoms with Crippen LogP contribution in [0.4, 0.5) is 11.8 Å². The zero-order valence-corrected chi connectivity index (χ0v) is 9.03. The van der Waals surface area contributed by atoms with Crippen LogP contribution in [0.1, 0.15) is 19.8 Å². The number of hydrogen-bond acceptors (Lipinski definition) is 5. The predicted molar refractivity (Wildman–Crippen MR) is 58.8 cm³/mol. The second kappa shape index (κ2) is 3.92. The molecule has 1 saturated carbocycles. The fraction of sp³-hybridized carbons (Fsp3) is 0.600. The molecule has 0 bridgehead atoms. The number of nitrogens with zero attached hydrogens (tertiary/aromatic N) is 2. The van der Waals surface area contributed by atoms with Gasteiger partial charge in [-0.05, 0) is 12.3 Å². The predicted octanol–water partition coefficient (Wildman–Crippen LogP) is 1.28. The molecule has 3 N–H and O–H groups in total. The number of ether oxygens (including phenoxy) is 1. The largest absolute Gasteiger partial charge is 0.481 e. The summed E-state index contributed by atoms with van der Waals surface area (Å²) in [4.78, 5) is 8.03. The van der Waals surface area contributed by atoms with Gasteiger partial charge in [0, 0.05) is 12.1 Å². The van der Waals surface area contributed by atoms with E-state index in [0.717, 1.165) is 11.7 Å². The fourth-order valence-electron chi connectivity index (χ4n) is 1.69. The van der Waals surface area contributed by atoms with Gasteiger partial charge < -0.3 is 15.8 Å². The maximum absolute atomic E-state index is 5.56. The molecule has 0 spiro atoms. The van der Waals surface area contributed by atoms with E-state index in [-0.39, 0.29) is 5.95 Å².